The van der Waals surface area contributed by atoms with Gasteiger partial charge < -0.3 is 9.64 Å². The molecule has 4 rings (SSSR count). The van der Waals surface area contributed by atoms with Crippen LogP contribution in [0.4, 0.5) is 0 Å². The Morgan fingerprint density at radius 3 is 2.72 bits per heavy atom. The minimum absolute atomic E-state index is 0.186. The van der Waals surface area contributed by atoms with E-state index in [4.69, 9.17) is 9.72 Å². The number of hydrogen-bond donors (Lipinski definition) is 0. The monoisotopic (exact) mass is 377 g/mol. The number of hydrogen-bond acceptors (Lipinski definition) is 6. The summed E-state index contributed by atoms with van der Waals surface area (Å²) in [4.78, 5) is 21.8. The first-order valence-corrected chi connectivity index (χ1v) is 10.7. The van der Waals surface area contributed by atoms with E-state index in [0.717, 1.165) is 56.3 Å². The number of thiazole rings is 1. The van der Waals surface area contributed by atoms with Crippen LogP contribution in [-0.4, -0.2) is 60.1 Å². The van der Waals surface area contributed by atoms with Crippen molar-refractivity contribution in [2.75, 3.05) is 39.4 Å². The molecule has 7 heteroatoms. The van der Waals surface area contributed by atoms with Gasteiger partial charge in [0.25, 0.3) is 0 Å². The number of morpholine rings is 1. The van der Waals surface area contributed by atoms with E-state index in [0.29, 0.717) is 19.1 Å². The van der Waals surface area contributed by atoms with Crippen LogP contribution < -0.4 is 0 Å². The van der Waals surface area contributed by atoms with Gasteiger partial charge >= 0.3 is 0 Å². The Balaban J connectivity index is 1.28. The zero-order valence-electron chi connectivity index (χ0n) is 14.2. The molecule has 2 aliphatic heterocycles. The van der Waals surface area contributed by atoms with Gasteiger partial charge in [0.2, 0.25) is 5.91 Å². The normalized spacial score (nSPS) is 20.1. The molecule has 0 spiro atoms. The lowest BCUT2D eigenvalue weighted by molar-refractivity contribution is -0.141. The van der Waals surface area contributed by atoms with E-state index in [1.54, 1.807) is 22.7 Å². The first kappa shape index (κ1) is 17.1. The molecular formula is C18H23N3O2S2. The number of ether oxygens (including phenoxy) is 1. The molecule has 2 aliphatic rings. The Kier molecular flexibility index (Phi) is 5.45. The number of carbonyl (C=O) groups is 1. The summed E-state index contributed by atoms with van der Waals surface area (Å²) < 4.78 is 5.34. The van der Waals surface area contributed by atoms with Crippen molar-refractivity contribution in [2.45, 2.75) is 19.4 Å². The van der Waals surface area contributed by atoms with Gasteiger partial charge in [0.15, 0.2) is 0 Å². The summed E-state index contributed by atoms with van der Waals surface area (Å²) in [6, 6.07) is 2.12. The molecule has 2 aromatic heterocycles. The Morgan fingerprint density at radius 2 is 2.00 bits per heavy atom. The van der Waals surface area contributed by atoms with Gasteiger partial charge in [-0.3, -0.25) is 9.69 Å². The lowest BCUT2D eigenvalue weighted by atomic mass is 9.95. The van der Waals surface area contributed by atoms with Crippen molar-refractivity contribution in [1.29, 1.82) is 0 Å². The van der Waals surface area contributed by atoms with Crippen molar-refractivity contribution in [3.8, 4) is 10.6 Å². The maximum Gasteiger partial charge on any atom is 0.225 e. The first-order valence-electron chi connectivity index (χ1n) is 8.85. The molecule has 25 heavy (non-hydrogen) atoms. The van der Waals surface area contributed by atoms with E-state index in [9.17, 15) is 4.79 Å². The van der Waals surface area contributed by atoms with Crippen LogP contribution in [0.5, 0.6) is 0 Å². The summed E-state index contributed by atoms with van der Waals surface area (Å²) in [5.74, 6) is 0.516. The van der Waals surface area contributed by atoms with Crippen LogP contribution in [0, 0.1) is 5.92 Å². The highest BCUT2D eigenvalue weighted by molar-refractivity contribution is 7.14. The molecule has 0 aliphatic carbocycles. The van der Waals surface area contributed by atoms with Crippen LogP contribution in [0.1, 0.15) is 18.5 Å². The van der Waals surface area contributed by atoms with E-state index >= 15 is 0 Å². The highest BCUT2D eigenvalue weighted by atomic mass is 32.1. The third-order valence-corrected chi connectivity index (χ3v) is 6.59. The second-order valence-electron chi connectivity index (χ2n) is 6.64. The standard InChI is InChI=1S/C18H23N3O2S2/c22-18(21-6-8-23-9-7-21)14-1-4-20(5-2-14)11-16-13-25-17(19-16)15-3-10-24-12-15/h3,10,12-14H,1-2,4-9,11H2. The third-order valence-electron chi connectivity index (χ3n) is 4.97. The molecule has 0 atom stereocenters. The SMILES string of the molecule is O=C(C1CCN(Cc2csc(-c3ccsc3)n2)CC1)N1CCOCC1. The van der Waals surface area contributed by atoms with Crippen molar-refractivity contribution in [3.05, 3.63) is 27.9 Å². The van der Waals surface area contributed by atoms with Crippen molar-refractivity contribution in [3.63, 3.8) is 0 Å². The summed E-state index contributed by atoms with van der Waals surface area (Å²) in [6.45, 7) is 5.71. The van der Waals surface area contributed by atoms with Crippen LogP contribution >= 0.6 is 22.7 Å². The number of thiophene rings is 1. The Bertz CT molecular complexity index is 687. The number of likely N-dealkylation sites (tertiary alicyclic amines) is 1. The fraction of sp³-hybridized carbons (Fsp3) is 0.556. The number of piperidine rings is 1. The van der Waals surface area contributed by atoms with E-state index in [-0.39, 0.29) is 5.92 Å². The lowest BCUT2D eigenvalue weighted by Crippen LogP contribution is -2.46. The second-order valence-corrected chi connectivity index (χ2v) is 8.28. The second kappa shape index (κ2) is 7.95. The van der Waals surface area contributed by atoms with Gasteiger partial charge in [-0.15, -0.1) is 11.3 Å². The third kappa shape index (κ3) is 4.11. The van der Waals surface area contributed by atoms with E-state index in [1.807, 2.05) is 4.90 Å². The fourth-order valence-corrected chi connectivity index (χ4v) is 5.03. The molecule has 0 bridgehead atoms. The van der Waals surface area contributed by atoms with Gasteiger partial charge in [0, 0.05) is 41.9 Å². The smallest absolute Gasteiger partial charge is 0.225 e. The van der Waals surface area contributed by atoms with Gasteiger partial charge in [-0.2, -0.15) is 11.3 Å². The lowest BCUT2D eigenvalue weighted by Gasteiger charge is -2.35. The van der Waals surface area contributed by atoms with Crippen molar-refractivity contribution in [1.82, 2.24) is 14.8 Å². The molecule has 4 heterocycles. The molecule has 0 aromatic carbocycles. The van der Waals surface area contributed by atoms with E-state index in [2.05, 4.69) is 27.1 Å². The zero-order chi connectivity index (χ0) is 17.1. The minimum Gasteiger partial charge on any atom is -0.378 e. The van der Waals surface area contributed by atoms with Crippen molar-refractivity contribution >= 4 is 28.6 Å². The van der Waals surface area contributed by atoms with Crippen LogP contribution in [-0.2, 0) is 16.1 Å². The predicted octanol–water partition coefficient (Wildman–Crippen LogP) is 2.94. The van der Waals surface area contributed by atoms with Crippen LogP contribution in [0.25, 0.3) is 10.6 Å². The average Bonchev–Trinajstić information content (AvgIpc) is 3.34. The summed E-state index contributed by atoms with van der Waals surface area (Å²) in [7, 11) is 0. The quantitative estimate of drug-likeness (QED) is 0.822. The molecule has 2 saturated heterocycles. The summed E-state index contributed by atoms with van der Waals surface area (Å²) >= 11 is 3.42. The molecule has 2 aromatic rings. The molecule has 0 unspecified atom stereocenters. The molecule has 5 nitrogen and oxygen atoms in total. The molecule has 0 saturated carbocycles. The van der Waals surface area contributed by atoms with Crippen molar-refractivity contribution < 1.29 is 9.53 Å². The maximum atomic E-state index is 12.6. The first-order chi connectivity index (χ1) is 12.3. The summed E-state index contributed by atoms with van der Waals surface area (Å²) in [6.07, 6.45) is 1.91. The molecule has 0 radical (unpaired) electrons. The number of aromatic nitrogens is 1. The van der Waals surface area contributed by atoms with Gasteiger partial charge in [0.05, 0.1) is 18.9 Å². The molecular weight excluding hydrogens is 354 g/mol. The van der Waals surface area contributed by atoms with Crippen LogP contribution in [0.2, 0.25) is 0 Å². The highest BCUT2D eigenvalue weighted by Crippen LogP contribution is 2.27. The van der Waals surface area contributed by atoms with Gasteiger partial charge in [-0.05, 0) is 37.4 Å². The summed E-state index contributed by atoms with van der Waals surface area (Å²) in [5, 5.41) is 7.50. The maximum absolute atomic E-state index is 12.6. The van der Waals surface area contributed by atoms with Crippen molar-refractivity contribution in [2.24, 2.45) is 5.92 Å². The fourth-order valence-electron chi connectivity index (χ4n) is 3.51. The predicted molar refractivity (Wildman–Crippen MR) is 101 cm³/mol. The molecule has 0 N–H and O–H groups in total. The Morgan fingerprint density at radius 1 is 1.20 bits per heavy atom. The molecule has 134 valence electrons. The number of amides is 1. The molecule has 1 amide bonds. The highest BCUT2D eigenvalue weighted by Gasteiger charge is 2.29. The average molecular weight is 378 g/mol. The van der Waals surface area contributed by atoms with Gasteiger partial charge in [0.1, 0.15) is 5.01 Å². The van der Waals surface area contributed by atoms with Gasteiger partial charge in [-0.25, -0.2) is 4.98 Å². The number of rotatable bonds is 4. The van der Waals surface area contributed by atoms with Crippen LogP contribution in [0.15, 0.2) is 22.2 Å². The minimum atomic E-state index is 0.186. The van der Waals surface area contributed by atoms with Crippen LogP contribution in [0.3, 0.4) is 0 Å². The topological polar surface area (TPSA) is 45.7 Å². The van der Waals surface area contributed by atoms with E-state index < -0.39 is 0 Å². The van der Waals surface area contributed by atoms with E-state index in [1.165, 1.54) is 5.56 Å². The van der Waals surface area contributed by atoms with Gasteiger partial charge in [-0.1, -0.05) is 0 Å². The number of nitrogens with zero attached hydrogens (tertiary/aromatic N) is 3. The largest absolute Gasteiger partial charge is 0.378 e. The Hall–Kier alpha value is -1.28. The zero-order valence-corrected chi connectivity index (χ0v) is 15.9. The Labute approximate surface area is 156 Å². The summed E-state index contributed by atoms with van der Waals surface area (Å²) in [5.41, 5.74) is 2.36. The number of carbonyl (C=O) groups excluding carboxylic acids is 1. The molecule has 2 fully saturated rings.